The molecule has 2 aromatic rings. The van der Waals surface area contributed by atoms with Gasteiger partial charge in [-0.15, -0.1) is 0 Å². The molecule has 0 saturated heterocycles. The van der Waals surface area contributed by atoms with E-state index in [9.17, 15) is 9.59 Å². The third-order valence-corrected chi connectivity index (χ3v) is 4.40. The third-order valence-electron chi connectivity index (χ3n) is 4.40. The van der Waals surface area contributed by atoms with Crippen LogP contribution in [0.4, 0.5) is 0 Å². The molecule has 1 unspecified atom stereocenters. The van der Waals surface area contributed by atoms with E-state index in [1.165, 1.54) is 5.56 Å². The van der Waals surface area contributed by atoms with Gasteiger partial charge >= 0.3 is 0 Å². The molecule has 0 fully saturated rings. The summed E-state index contributed by atoms with van der Waals surface area (Å²) < 4.78 is 11.3. The molecule has 30 heavy (non-hydrogen) atoms. The van der Waals surface area contributed by atoms with Gasteiger partial charge in [-0.3, -0.25) is 20.4 Å². The van der Waals surface area contributed by atoms with E-state index in [-0.39, 0.29) is 5.41 Å². The van der Waals surface area contributed by atoms with Crippen LogP contribution >= 0.6 is 0 Å². The molecule has 162 valence electrons. The van der Waals surface area contributed by atoms with Crippen molar-refractivity contribution in [1.82, 2.24) is 10.9 Å². The molecule has 2 amide bonds. The summed E-state index contributed by atoms with van der Waals surface area (Å²) in [6.07, 6.45) is -0.766. The first-order valence-corrected chi connectivity index (χ1v) is 10.2. The molecule has 0 saturated carbocycles. The van der Waals surface area contributed by atoms with Crippen LogP contribution in [-0.2, 0) is 10.2 Å². The summed E-state index contributed by atoms with van der Waals surface area (Å²) in [5, 5.41) is 0. The summed E-state index contributed by atoms with van der Waals surface area (Å²) in [4.78, 5) is 24.5. The van der Waals surface area contributed by atoms with Gasteiger partial charge in [-0.2, -0.15) is 0 Å². The average molecular weight is 413 g/mol. The molecular weight excluding hydrogens is 380 g/mol. The Kier molecular flexibility index (Phi) is 7.86. The molecule has 2 rings (SSSR count). The number of ether oxygens (including phenoxy) is 2. The van der Waals surface area contributed by atoms with Gasteiger partial charge in [0.25, 0.3) is 11.8 Å². The van der Waals surface area contributed by atoms with E-state index in [0.717, 1.165) is 0 Å². The summed E-state index contributed by atoms with van der Waals surface area (Å²) >= 11 is 0. The highest BCUT2D eigenvalue weighted by atomic mass is 16.5. The lowest BCUT2D eigenvalue weighted by Gasteiger charge is -2.20. The van der Waals surface area contributed by atoms with Gasteiger partial charge in [0.1, 0.15) is 11.5 Å². The Morgan fingerprint density at radius 2 is 1.43 bits per heavy atom. The lowest BCUT2D eigenvalue weighted by Crippen LogP contribution is -2.47. The molecule has 0 aliphatic carbocycles. The largest absolute Gasteiger partial charge is 0.493 e. The fourth-order valence-electron chi connectivity index (χ4n) is 2.55. The first kappa shape index (κ1) is 23.3. The van der Waals surface area contributed by atoms with Gasteiger partial charge in [-0.05, 0) is 60.2 Å². The summed E-state index contributed by atoms with van der Waals surface area (Å²) in [5.41, 5.74) is 6.44. The molecule has 2 N–H and O–H groups in total. The fraction of sp³-hybridized carbons (Fsp3) is 0.417. The predicted molar refractivity (Wildman–Crippen MR) is 118 cm³/mol. The molecular formula is C24H32N2O4. The second-order valence-electron chi connectivity index (χ2n) is 8.71. The highest BCUT2D eigenvalue weighted by molar-refractivity contribution is 5.95. The number of benzene rings is 2. The second-order valence-corrected chi connectivity index (χ2v) is 8.71. The van der Waals surface area contributed by atoms with Gasteiger partial charge < -0.3 is 9.47 Å². The quantitative estimate of drug-likeness (QED) is 0.667. The molecule has 0 radical (unpaired) electrons. The van der Waals surface area contributed by atoms with Crippen molar-refractivity contribution in [1.29, 1.82) is 0 Å². The molecule has 6 nitrogen and oxygen atoms in total. The fourth-order valence-corrected chi connectivity index (χ4v) is 2.55. The molecule has 0 aromatic heterocycles. The van der Waals surface area contributed by atoms with Crippen molar-refractivity contribution in [2.24, 2.45) is 5.92 Å². The highest BCUT2D eigenvalue weighted by Gasteiger charge is 2.17. The Morgan fingerprint density at radius 1 is 0.867 bits per heavy atom. The number of carbonyl (C=O) groups excluding carboxylic acids is 2. The van der Waals surface area contributed by atoms with Crippen molar-refractivity contribution in [2.45, 2.75) is 53.1 Å². The van der Waals surface area contributed by atoms with E-state index in [1.807, 2.05) is 24.3 Å². The topological polar surface area (TPSA) is 76.7 Å². The van der Waals surface area contributed by atoms with Crippen LogP contribution in [0.15, 0.2) is 48.5 Å². The number of hydrogen-bond acceptors (Lipinski definition) is 4. The molecule has 0 spiro atoms. The van der Waals surface area contributed by atoms with Crippen molar-refractivity contribution in [3.63, 3.8) is 0 Å². The number of hydrogen-bond donors (Lipinski definition) is 2. The standard InChI is InChI=1S/C24H32N2O4/c1-16(2)15-29-20-11-7-18(8-12-20)23(28)26-25-22(27)17(3)30-21-13-9-19(10-14-21)24(4,5)6/h7-14,16-17H,15H2,1-6H3,(H,25,27)(H,26,28). The number of amides is 2. The van der Waals surface area contributed by atoms with E-state index >= 15 is 0 Å². The normalized spacial score (nSPS) is 12.2. The zero-order valence-corrected chi connectivity index (χ0v) is 18.6. The summed E-state index contributed by atoms with van der Waals surface area (Å²) in [6, 6.07) is 14.4. The number of carbonyl (C=O) groups is 2. The van der Waals surface area contributed by atoms with Gasteiger partial charge in [0.15, 0.2) is 6.10 Å². The Hall–Kier alpha value is -3.02. The molecule has 1 atom stereocenters. The first-order chi connectivity index (χ1) is 14.1. The Bertz CT molecular complexity index is 837. The number of rotatable bonds is 7. The van der Waals surface area contributed by atoms with Crippen LogP contribution < -0.4 is 20.3 Å². The number of nitrogens with one attached hydrogen (secondary N) is 2. The lowest BCUT2D eigenvalue weighted by molar-refractivity contribution is -0.128. The van der Waals surface area contributed by atoms with Gasteiger partial charge in [0.2, 0.25) is 0 Å². The van der Waals surface area contributed by atoms with E-state index in [2.05, 4.69) is 45.5 Å². The number of hydrazine groups is 1. The summed E-state index contributed by atoms with van der Waals surface area (Å²) in [7, 11) is 0. The SMILES string of the molecule is CC(C)COc1ccc(C(=O)NNC(=O)C(C)Oc2ccc(C(C)(C)C)cc2)cc1. The van der Waals surface area contributed by atoms with E-state index < -0.39 is 17.9 Å². The Labute approximate surface area is 178 Å². The summed E-state index contributed by atoms with van der Waals surface area (Å²) in [6.45, 7) is 12.8. The smallest absolute Gasteiger partial charge is 0.279 e. The minimum absolute atomic E-state index is 0.0462. The van der Waals surface area contributed by atoms with Crippen molar-refractivity contribution in [3.05, 3.63) is 59.7 Å². The van der Waals surface area contributed by atoms with Crippen molar-refractivity contribution < 1.29 is 19.1 Å². The summed E-state index contributed by atoms with van der Waals surface area (Å²) in [5.74, 6) is 0.849. The lowest BCUT2D eigenvalue weighted by atomic mass is 9.87. The van der Waals surface area contributed by atoms with Crippen LogP contribution in [0.3, 0.4) is 0 Å². The average Bonchev–Trinajstić information content (AvgIpc) is 2.70. The molecule has 0 bridgehead atoms. The van der Waals surface area contributed by atoms with Crippen LogP contribution in [-0.4, -0.2) is 24.5 Å². The van der Waals surface area contributed by atoms with Gasteiger partial charge in [0.05, 0.1) is 6.61 Å². The van der Waals surface area contributed by atoms with Crippen molar-refractivity contribution in [3.8, 4) is 11.5 Å². The predicted octanol–water partition coefficient (Wildman–Crippen LogP) is 4.25. The highest BCUT2D eigenvalue weighted by Crippen LogP contribution is 2.24. The van der Waals surface area contributed by atoms with Crippen LogP contribution in [0.2, 0.25) is 0 Å². The molecule has 0 heterocycles. The monoisotopic (exact) mass is 412 g/mol. The minimum atomic E-state index is -0.766. The molecule has 2 aromatic carbocycles. The third kappa shape index (κ3) is 7.10. The maximum atomic E-state index is 12.2. The molecule has 0 aliphatic rings. The maximum absolute atomic E-state index is 12.2. The first-order valence-electron chi connectivity index (χ1n) is 10.2. The van der Waals surface area contributed by atoms with Crippen LogP contribution in [0, 0.1) is 5.92 Å². The zero-order valence-electron chi connectivity index (χ0n) is 18.6. The Morgan fingerprint density at radius 3 is 1.97 bits per heavy atom. The van der Waals surface area contributed by atoms with Crippen molar-refractivity contribution >= 4 is 11.8 Å². The van der Waals surface area contributed by atoms with Crippen LogP contribution in [0.25, 0.3) is 0 Å². The van der Waals surface area contributed by atoms with Crippen LogP contribution in [0.5, 0.6) is 11.5 Å². The minimum Gasteiger partial charge on any atom is -0.493 e. The van der Waals surface area contributed by atoms with Gasteiger partial charge in [0, 0.05) is 5.56 Å². The van der Waals surface area contributed by atoms with Gasteiger partial charge in [-0.1, -0.05) is 46.8 Å². The van der Waals surface area contributed by atoms with E-state index in [4.69, 9.17) is 9.47 Å². The molecule has 6 heteroatoms. The van der Waals surface area contributed by atoms with E-state index in [1.54, 1.807) is 31.2 Å². The van der Waals surface area contributed by atoms with Crippen LogP contribution in [0.1, 0.15) is 57.5 Å². The van der Waals surface area contributed by atoms with Crippen molar-refractivity contribution in [2.75, 3.05) is 6.61 Å². The van der Waals surface area contributed by atoms with Gasteiger partial charge in [-0.25, -0.2) is 0 Å². The molecule has 0 aliphatic heterocycles. The van der Waals surface area contributed by atoms with E-state index in [0.29, 0.717) is 29.6 Å². The Balaban J connectivity index is 1.83. The zero-order chi connectivity index (χ0) is 22.3. The second kappa shape index (κ2) is 10.1. The maximum Gasteiger partial charge on any atom is 0.279 e.